The normalized spacial score (nSPS) is 9.93. The molecule has 0 aliphatic heterocycles. The minimum atomic E-state index is 0.570. The molecule has 74 valence electrons. The first-order valence-electron chi connectivity index (χ1n) is 4.33. The van der Waals surface area contributed by atoms with Crippen molar-refractivity contribution >= 4 is 15.9 Å². The SMILES string of the molecule is Cc1ncc(-c2ccc(Br)cc2C#N)o1. The second-order valence-corrected chi connectivity index (χ2v) is 3.96. The molecule has 0 radical (unpaired) electrons. The predicted molar refractivity (Wildman–Crippen MR) is 59.1 cm³/mol. The highest BCUT2D eigenvalue weighted by Crippen LogP contribution is 2.26. The number of rotatable bonds is 1. The van der Waals surface area contributed by atoms with Crippen molar-refractivity contribution in [1.82, 2.24) is 4.98 Å². The lowest BCUT2D eigenvalue weighted by Gasteiger charge is -1.99. The Bertz CT molecular complexity index is 540. The standard InChI is InChI=1S/C11H7BrN2O/c1-7-14-6-11(15-7)10-3-2-9(12)4-8(10)5-13/h2-4,6H,1H3. The minimum absolute atomic E-state index is 0.570. The lowest BCUT2D eigenvalue weighted by atomic mass is 10.1. The van der Waals surface area contributed by atoms with Crippen LogP contribution in [0.1, 0.15) is 11.5 Å². The Kier molecular flexibility index (Phi) is 2.57. The molecule has 1 aromatic heterocycles. The summed E-state index contributed by atoms with van der Waals surface area (Å²) in [6.45, 7) is 1.77. The summed E-state index contributed by atoms with van der Waals surface area (Å²) in [7, 11) is 0. The maximum Gasteiger partial charge on any atom is 0.191 e. The van der Waals surface area contributed by atoms with Crippen LogP contribution in [0.4, 0.5) is 0 Å². The predicted octanol–water partition coefficient (Wildman–Crippen LogP) is 3.28. The molecule has 0 bridgehead atoms. The zero-order valence-corrected chi connectivity index (χ0v) is 9.58. The third kappa shape index (κ3) is 1.92. The minimum Gasteiger partial charge on any atom is -0.441 e. The van der Waals surface area contributed by atoms with Crippen LogP contribution in [-0.2, 0) is 0 Å². The average Bonchev–Trinajstić information content (AvgIpc) is 2.64. The number of halogens is 1. The number of oxazole rings is 1. The molecule has 0 fully saturated rings. The number of hydrogen-bond donors (Lipinski definition) is 0. The molecular weight excluding hydrogens is 256 g/mol. The molecule has 0 aliphatic carbocycles. The third-order valence-corrected chi connectivity index (χ3v) is 2.48. The van der Waals surface area contributed by atoms with Crippen LogP contribution in [0.5, 0.6) is 0 Å². The number of hydrogen-bond acceptors (Lipinski definition) is 3. The van der Waals surface area contributed by atoms with E-state index in [0.29, 0.717) is 17.2 Å². The summed E-state index contributed by atoms with van der Waals surface area (Å²) < 4.78 is 6.25. The molecule has 3 nitrogen and oxygen atoms in total. The second-order valence-electron chi connectivity index (χ2n) is 3.05. The van der Waals surface area contributed by atoms with Gasteiger partial charge in [0.15, 0.2) is 11.7 Å². The van der Waals surface area contributed by atoms with Crippen molar-refractivity contribution in [2.75, 3.05) is 0 Å². The summed E-state index contributed by atoms with van der Waals surface area (Å²) in [6.07, 6.45) is 1.62. The average molecular weight is 263 g/mol. The van der Waals surface area contributed by atoms with Gasteiger partial charge in [0.1, 0.15) is 0 Å². The van der Waals surface area contributed by atoms with Gasteiger partial charge in [-0.3, -0.25) is 0 Å². The Morgan fingerprint density at radius 1 is 1.47 bits per heavy atom. The molecule has 0 spiro atoms. The van der Waals surface area contributed by atoms with Crippen LogP contribution >= 0.6 is 15.9 Å². The van der Waals surface area contributed by atoms with Crippen LogP contribution in [0.15, 0.2) is 33.3 Å². The molecular formula is C11H7BrN2O. The number of benzene rings is 1. The smallest absolute Gasteiger partial charge is 0.191 e. The quantitative estimate of drug-likeness (QED) is 0.793. The van der Waals surface area contributed by atoms with Crippen molar-refractivity contribution in [3.63, 3.8) is 0 Å². The Balaban J connectivity index is 2.58. The molecule has 4 heteroatoms. The molecule has 0 amide bonds. The van der Waals surface area contributed by atoms with Crippen LogP contribution in [0.25, 0.3) is 11.3 Å². The fourth-order valence-corrected chi connectivity index (χ4v) is 1.67. The van der Waals surface area contributed by atoms with Gasteiger partial charge in [-0.15, -0.1) is 0 Å². The van der Waals surface area contributed by atoms with Crippen molar-refractivity contribution in [3.8, 4) is 17.4 Å². The number of nitrogens with zero attached hydrogens (tertiary/aromatic N) is 2. The van der Waals surface area contributed by atoms with Crippen molar-refractivity contribution in [2.24, 2.45) is 0 Å². The molecule has 0 N–H and O–H groups in total. The Morgan fingerprint density at radius 2 is 2.27 bits per heavy atom. The Hall–Kier alpha value is -1.60. The Morgan fingerprint density at radius 3 is 2.87 bits per heavy atom. The molecule has 15 heavy (non-hydrogen) atoms. The molecule has 0 atom stereocenters. The van der Waals surface area contributed by atoms with E-state index in [-0.39, 0.29) is 0 Å². The zero-order valence-electron chi connectivity index (χ0n) is 7.99. The Labute approximate surface area is 95.5 Å². The van der Waals surface area contributed by atoms with Crippen molar-refractivity contribution in [1.29, 1.82) is 5.26 Å². The number of aromatic nitrogens is 1. The fourth-order valence-electron chi connectivity index (χ4n) is 1.31. The molecule has 0 saturated heterocycles. The number of nitriles is 1. The van der Waals surface area contributed by atoms with E-state index in [1.807, 2.05) is 12.1 Å². The molecule has 1 heterocycles. The van der Waals surface area contributed by atoms with Gasteiger partial charge in [0, 0.05) is 17.0 Å². The van der Waals surface area contributed by atoms with E-state index in [4.69, 9.17) is 9.68 Å². The van der Waals surface area contributed by atoms with Crippen LogP contribution in [0.2, 0.25) is 0 Å². The highest BCUT2D eigenvalue weighted by Gasteiger charge is 2.09. The monoisotopic (exact) mass is 262 g/mol. The lowest BCUT2D eigenvalue weighted by molar-refractivity contribution is 0.534. The van der Waals surface area contributed by atoms with E-state index in [0.717, 1.165) is 10.0 Å². The molecule has 2 aromatic rings. The summed E-state index contributed by atoms with van der Waals surface area (Å²) in [4.78, 5) is 4.00. The second kappa shape index (κ2) is 3.87. The summed E-state index contributed by atoms with van der Waals surface area (Å²) >= 11 is 3.32. The highest BCUT2D eigenvalue weighted by molar-refractivity contribution is 9.10. The lowest BCUT2D eigenvalue weighted by Crippen LogP contribution is -1.82. The van der Waals surface area contributed by atoms with E-state index in [2.05, 4.69) is 27.0 Å². The molecule has 0 saturated carbocycles. The van der Waals surface area contributed by atoms with E-state index in [1.165, 1.54) is 0 Å². The summed E-state index contributed by atoms with van der Waals surface area (Å²) in [6, 6.07) is 7.59. The van der Waals surface area contributed by atoms with E-state index >= 15 is 0 Å². The van der Waals surface area contributed by atoms with Crippen molar-refractivity contribution < 1.29 is 4.42 Å². The third-order valence-electron chi connectivity index (χ3n) is 1.99. The van der Waals surface area contributed by atoms with Gasteiger partial charge in [-0.2, -0.15) is 5.26 Å². The van der Waals surface area contributed by atoms with Gasteiger partial charge < -0.3 is 4.42 Å². The van der Waals surface area contributed by atoms with Gasteiger partial charge in [-0.25, -0.2) is 4.98 Å². The van der Waals surface area contributed by atoms with Gasteiger partial charge >= 0.3 is 0 Å². The van der Waals surface area contributed by atoms with Gasteiger partial charge in [0.25, 0.3) is 0 Å². The van der Waals surface area contributed by atoms with Gasteiger partial charge in [0.05, 0.1) is 17.8 Å². The van der Waals surface area contributed by atoms with Crippen molar-refractivity contribution in [2.45, 2.75) is 6.92 Å². The van der Waals surface area contributed by atoms with Gasteiger partial charge in [-0.1, -0.05) is 15.9 Å². The number of aryl methyl sites for hydroxylation is 1. The van der Waals surface area contributed by atoms with E-state index < -0.39 is 0 Å². The van der Waals surface area contributed by atoms with Crippen LogP contribution in [0, 0.1) is 18.3 Å². The van der Waals surface area contributed by atoms with E-state index in [1.54, 1.807) is 19.2 Å². The first-order chi connectivity index (χ1) is 7.20. The fraction of sp³-hybridized carbons (Fsp3) is 0.0909. The van der Waals surface area contributed by atoms with Gasteiger partial charge in [0.2, 0.25) is 0 Å². The van der Waals surface area contributed by atoms with E-state index in [9.17, 15) is 0 Å². The first kappa shape index (κ1) is 9.94. The summed E-state index contributed by atoms with van der Waals surface area (Å²) in [5.41, 5.74) is 1.34. The highest BCUT2D eigenvalue weighted by atomic mass is 79.9. The zero-order chi connectivity index (χ0) is 10.8. The maximum atomic E-state index is 8.98. The van der Waals surface area contributed by atoms with Gasteiger partial charge in [-0.05, 0) is 18.2 Å². The van der Waals surface area contributed by atoms with Crippen LogP contribution in [-0.4, -0.2) is 4.98 Å². The first-order valence-corrected chi connectivity index (χ1v) is 5.12. The summed E-state index contributed by atoms with van der Waals surface area (Å²) in [5.74, 6) is 1.22. The topological polar surface area (TPSA) is 49.8 Å². The molecule has 2 rings (SSSR count). The van der Waals surface area contributed by atoms with Crippen molar-refractivity contribution in [3.05, 3.63) is 40.3 Å². The maximum absolute atomic E-state index is 8.98. The molecule has 0 unspecified atom stereocenters. The molecule has 1 aromatic carbocycles. The summed E-state index contributed by atoms with van der Waals surface area (Å²) in [5, 5.41) is 8.98. The molecule has 0 aliphatic rings. The largest absolute Gasteiger partial charge is 0.441 e. The van der Waals surface area contributed by atoms with Crippen LogP contribution < -0.4 is 0 Å². The van der Waals surface area contributed by atoms with Crippen LogP contribution in [0.3, 0.4) is 0 Å².